The molecular weight excluding hydrogens is 383 g/mol. The molecule has 2 rings (SSSR count). The van der Waals surface area contributed by atoms with Gasteiger partial charge in [0.1, 0.15) is 5.45 Å². The van der Waals surface area contributed by atoms with Gasteiger partial charge in [-0.15, -0.1) is 0 Å². The summed E-state index contributed by atoms with van der Waals surface area (Å²) in [7, 11) is -6.07. The van der Waals surface area contributed by atoms with Crippen LogP contribution in [-0.2, 0) is 19.1 Å². The van der Waals surface area contributed by atoms with E-state index in [0.29, 0.717) is 10.3 Å². The highest BCUT2D eigenvalue weighted by Crippen LogP contribution is 2.46. The van der Waals surface area contributed by atoms with Gasteiger partial charge in [-0.2, -0.15) is 18.4 Å². The van der Waals surface area contributed by atoms with Crippen molar-refractivity contribution < 1.29 is 17.5 Å². The molecule has 0 radical (unpaired) electrons. The Morgan fingerprint density at radius 2 is 1.68 bits per heavy atom. The second kappa shape index (κ2) is 7.70. The number of hydrogen-bond acceptors (Lipinski definition) is 5. The lowest BCUT2D eigenvalue weighted by Gasteiger charge is -2.16. The van der Waals surface area contributed by atoms with Crippen LogP contribution in [0.4, 0.5) is 0 Å². The molecule has 134 valence electrons. The second-order valence-corrected chi connectivity index (χ2v) is 10.0. The molecule has 0 saturated heterocycles. The zero-order chi connectivity index (χ0) is 18.7. The first kappa shape index (κ1) is 19.7. The van der Waals surface area contributed by atoms with Crippen LogP contribution < -0.4 is 10.1 Å². The van der Waals surface area contributed by atoms with Gasteiger partial charge in [0.15, 0.2) is 0 Å². The van der Waals surface area contributed by atoms with Crippen LogP contribution in [0.2, 0.25) is 5.02 Å². The van der Waals surface area contributed by atoms with Crippen LogP contribution in [0.25, 0.3) is 0 Å². The van der Waals surface area contributed by atoms with E-state index >= 15 is 0 Å². The van der Waals surface area contributed by atoms with Crippen LogP contribution in [0.15, 0.2) is 58.5 Å². The van der Waals surface area contributed by atoms with Crippen molar-refractivity contribution in [1.29, 1.82) is 0 Å². The summed E-state index contributed by atoms with van der Waals surface area (Å²) in [6.07, 6.45) is 0. The number of hydrogen-bond donors (Lipinski definition) is 1. The maximum atomic E-state index is 13.1. The molecule has 6 nitrogen and oxygen atoms in total. The largest absolute Gasteiger partial charge is 0.325 e. The fourth-order valence-corrected chi connectivity index (χ4v) is 4.65. The summed E-state index contributed by atoms with van der Waals surface area (Å²) >= 11 is 5.83. The number of sulfonamides is 1. The summed E-state index contributed by atoms with van der Waals surface area (Å²) in [5, 5.41) is 4.65. The van der Waals surface area contributed by atoms with Gasteiger partial charge < -0.3 is 4.52 Å². The molecule has 0 aliphatic carbocycles. The van der Waals surface area contributed by atoms with Crippen LogP contribution in [-0.4, -0.2) is 21.0 Å². The Morgan fingerprint density at radius 1 is 1.12 bits per heavy atom. The summed E-state index contributed by atoms with van der Waals surface area (Å²) in [5.41, 5.74) is 0.957. The Balaban J connectivity index is 2.31. The third-order valence-corrected chi connectivity index (χ3v) is 7.43. The van der Waals surface area contributed by atoms with Crippen molar-refractivity contribution in [3.8, 4) is 0 Å². The quantitative estimate of drug-likeness (QED) is 0.457. The highest BCUT2D eigenvalue weighted by molar-refractivity contribution is 7.89. The molecule has 1 N–H and O–H groups in total. The smallest absolute Gasteiger partial charge is 0.276 e. The fraction of sp³-hybridized carbons (Fsp3) is 0.188. The van der Waals surface area contributed by atoms with Crippen molar-refractivity contribution in [2.45, 2.75) is 18.7 Å². The normalized spacial score (nSPS) is 14.8. The monoisotopic (exact) mass is 400 g/mol. The zero-order valence-corrected chi connectivity index (χ0v) is 16.4. The van der Waals surface area contributed by atoms with Crippen molar-refractivity contribution in [2.24, 2.45) is 5.10 Å². The molecule has 0 saturated carbocycles. The summed E-state index contributed by atoms with van der Waals surface area (Å²) in [5.74, 6) is 0. The van der Waals surface area contributed by atoms with Gasteiger partial charge in [0.25, 0.3) is 17.4 Å². The van der Waals surface area contributed by atoms with Gasteiger partial charge in [0.2, 0.25) is 0 Å². The van der Waals surface area contributed by atoms with Crippen LogP contribution in [0, 0.1) is 6.92 Å². The Kier molecular flexibility index (Phi) is 6.06. The first-order chi connectivity index (χ1) is 11.7. The lowest BCUT2D eigenvalue weighted by Crippen LogP contribution is -2.21. The van der Waals surface area contributed by atoms with E-state index in [2.05, 4.69) is 9.93 Å². The lowest BCUT2D eigenvalue weighted by atomic mass is 10.2. The van der Waals surface area contributed by atoms with E-state index in [1.807, 2.05) is 6.92 Å². The third-order valence-electron chi connectivity index (χ3n) is 3.51. The first-order valence-corrected chi connectivity index (χ1v) is 10.7. The molecule has 2 aromatic carbocycles. The second-order valence-electron chi connectivity index (χ2n) is 5.28. The predicted molar refractivity (Wildman–Crippen MR) is 100 cm³/mol. The number of benzene rings is 2. The van der Waals surface area contributed by atoms with Crippen molar-refractivity contribution >= 4 is 39.8 Å². The van der Waals surface area contributed by atoms with Crippen LogP contribution in [0.5, 0.6) is 0 Å². The molecule has 0 aromatic heterocycles. The lowest BCUT2D eigenvalue weighted by molar-refractivity contribution is 0.414. The Labute approximate surface area is 152 Å². The third kappa shape index (κ3) is 4.50. The van der Waals surface area contributed by atoms with Crippen molar-refractivity contribution in [3.63, 3.8) is 0 Å². The minimum absolute atomic E-state index is 0.0213. The molecule has 2 aromatic rings. The van der Waals surface area contributed by atoms with E-state index in [1.165, 1.54) is 26.2 Å². The van der Waals surface area contributed by atoms with Gasteiger partial charge in [-0.1, -0.05) is 29.3 Å². The number of rotatable bonds is 6. The molecule has 25 heavy (non-hydrogen) atoms. The highest BCUT2D eigenvalue weighted by Gasteiger charge is 2.29. The Bertz CT molecular complexity index is 926. The minimum Gasteiger partial charge on any atom is -0.325 e. The highest BCUT2D eigenvalue weighted by atomic mass is 35.5. The van der Waals surface area contributed by atoms with Gasteiger partial charge in [-0.05, 0) is 50.2 Å². The summed E-state index contributed by atoms with van der Waals surface area (Å²) in [6.45, 7) is 3.30. The van der Waals surface area contributed by atoms with Crippen LogP contribution >= 0.6 is 19.0 Å². The number of aryl methyl sites for hydroxylation is 1. The zero-order valence-electron chi connectivity index (χ0n) is 13.9. The molecule has 0 aliphatic heterocycles. The molecule has 0 aliphatic rings. The Morgan fingerprint density at radius 3 is 2.20 bits per heavy atom. The van der Waals surface area contributed by atoms with E-state index in [4.69, 9.17) is 16.1 Å². The Hall–Kier alpha value is -1.66. The van der Waals surface area contributed by atoms with Crippen LogP contribution in [0.1, 0.15) is 12.5 Å². The van der Waals surface area contributed by atoms with E-state index in [-0.39, 0.29) is 10.3 Å². The van der Waals surface area contributed by atoms with Crippen LogP contribution in [0.3, 0.4) is 0 Å². The standard InChI is InChI=1S/C16H18ClN2O4PS/c1-12-4-10-16(11-5-12)25(21,22)19-18-13(2)24(20,23-3)15-8-6-14(17)7-9-15/h4-11,19H,1-3H3. The van der Waals surface area contributed by atoms with E-state index in [9.17, 15) is 13.0 Å². The topological polar surface area (TPSA) is 84.8 Å². The van der Waals surface area contributed by atoms with Crippen molar-refractivity contribution in [2.75, 3.05) is 7.11 Å². The first-order valence-electron chi connectivity index (χ1n) is 7.24. The number of nitrogens with zero attached hydrogens (tertiary/aromatic N) is 1. The fourth-order valence-electron chi connectivity index (χ4n) is 2.02. The van der Waals surface area contributed by atoms with E-state index < -0.39 is 17.4 Å². The number of hydrazone groups is 1. The molecule has 0 bridgehead atoms. The number of halogens is 1. The summed E-state index contributed by atoms with van der Waals surface area (Å²) < 4.78 is 42.8. The molecule has 0 spiro atoms. The molecule has 9 heteroatoms. The predicted octanol–water partition coefficient (Wildman–Crippen LogP) is 3.51. The van der Waals surface area contributed by atoms with Gasteiger partial charge >= 0.3 is 0 Å². The van der Waals surface area contributed by atoms with Gasteiger partial charge in [-0.25, -0.2) is 0 Å². The number of nitrogens with one attached hydrogen (secondary N) is 1. The van der Waals surface area contributed by atoms with Crippen molar-refractivity contribution in [1.82, 2.24) is 4.83 Å². The van der Waals surface area contributed by atoms with Crippen molar-refractivity contribution in [3.05, 3.63) is 59.1 Å². The molecule has 0 fully saturated rings. The maximum Gasteiger partial charge on any atom is 0.276 e. The van der Waals surface area contributed by atoms with Gasteiger partial charge in [-0.3, -0.25) is 4.57 Å². The summed E-state index contributed by atoms with van der Waals surface area (Å²) in [6, 6.07) is 12.6. The maximum absolute atomic E-state index is 13.1. The molecular formula is C16H18ClN2O4PS. The minimum atomic E-state index is -3.86. The van der Waals surface area contributed by atoms with E-state index in [1.54, 1.807) is 36.4 Å². The van der Waals surface area contributed by atoms with Gasteiger partial charge in [0, 0.05) is 17.4 Å². The molecule has 0 amide bonds. The van der Waals surface area contributed by atoms with E-state index in [0.717, 1.165) is 5.56 Å². The molecule has 0 heterocycles. The molecule has 1 unspecified atom stereocenters. The van der Waals surface area contributed by atoms with Gasteiger partial charge in [0.05, 0.1) is 4.90 Å². The summed E-state index contributed by atoms with van der Waals surface area (Å²) in [4.78, 5) is 2.16. The average Bonchev–Trinajstić information content (AvgIpc) is 2.60. The molecule has 1 atom stereocenters. The SMILES string of the molecule is COP(=O)(C(C)=NNS(=O)(=O)c1ccc(C)cc1)c1ccc(Cl)cc1. The average molecular weight is 401 g/mol.